The van der Waals surface area contributed by atoms with Gasteiger partial charge in [0.05, 0.1) is 16.3 Å². The predicted octanol–water partition coefficient (Wildman–Crippen LogP) is 2.37. The maximum absolute atomic E-state index is 13.6. The molecule has 110 valence electrons. The first-order valence-corrected chi connectivity index (χ1v) is 5.67. The molecule has 2 rings (SSSR count). The van der Waals surface area contributed by atoms with Gasteiger partial charge in [0.25, 0.3) is 0 Å². The van der Waals surface area contributed by atoms with Crippen molar-refractivity contribution in [3.8, 4) is 5.69 Å². The van der Waals surface area contributed by atoms with Gasteiger partial charge < -0.3 is 5.11 Å². The third-order valence-corrected chi connectivity index (χ3v) is 2.92. The number of hydrogen-bond acceptors (Lipinski definition) is 4. The van der Waals surface area contributed by atoms with Crippen LogP contribution in [0.3, 0.4) is 0 Å². The number of benzene rings is 1. The zero-order valence-electron chi connectivity index (χ0n) is 10.9. The number of carbonyl (C=O) groups is 1. The number of nitro benzene ring substituents is 1. The van der Waals surface area contributed by atoms with Crippen LogP contribution >= 0.6 is 0 Å². The van der Waals surface area contributed by atoms with Gasteiger partial charge in [-0.1, -0.05) is 0 Å². The topological polar surface area (TPSA) is 98.3 Å². The summed E-state index contributed by atoms with van der Waals surface area (Å²) >= 11 is 0. The number of carboxylic acids is 1. The fraction of sp³-hybridized carbons (Fsp3) is 0.167. The number of halogens is 2. The minimum Gasteiger partial charge on any atom is -0.478 e. The van der Waals surface area contributed by atoms with Crippen molar-refractivity contribution in [2.24, 2.45) is 0 Å². The van der Waals surface area contributed by atoms with Gasteiger partial charge in [0, 0.05) is 12.1 Å². The lowest BCUT2D eigenvalue weighted by Crippen LogP contribution is -2.07. The second-order valence-electron chi connectivity index (χ2n) is 4.28. The summed E-state index contributed by atoms with van der Waals surface area (Å²) in [4.78, 5) is 21.0. The van der Waals surface area contributed by atoms with Gasteiger partial charge in [-0.2, -0.15) is 9.49 Å². The Bertz CT molecular complexity index is 770. The molecule has 9 heteroatoms. The van der Waals surface area contributed by atoms with Crippen molar-refractivity contribution < 1.29 is 23.6 Å². The first kappa shape index (κ1) is 14.6. The minimum atomic E-state index is -1.36. The van der Waals surface area contributed by atoms with Crippen LogP contribution in [0.4, 0.5) is 14.5 Å². The second kappa shape index (κ2) is 4.93. The molecule has 0 aliphatic carbocycles. The van der Waals surface area contributed by atoms with Gasteiger partial charge in [-0.3, -0.25) is 10.1 Å². The molecule has 0 atom stereocenters. The fourth-order valence-electron chi connectivity index (χ4n) is 2.08. The highest BCUT2D eigenvalue weighted by Gasteiger charge is 2.27. The van der Waals surface area contributed by atoms with Crippen molar-refractivity contribution in [3.05, 3.63) is 50.8 Å². The minimum absolute atomic E-state index is 0.0353. The number of nitro groups is 1. The number of aromatic nitrogens is 2. The van der Waals surface area contributed by atoms with E-state index >= 15 is 0 Å². The summed E-state index contributed by atoms with van der Waals surface area (Å²) < 4.78 is 27.8. The van der Waals surface area contributed by atoms with Crippen LogP contribution in [0.1, 0.15) is 21.7 Å². The van der Waals surface area contributed by atoms with E-state index in [-0.39, 0.29) is 17.0 Å². The molecule has 0 amide bonds. The molecule has 0 aliphatic heterocycles. The normalized spacial score (nSPS) is 10.7. The average Bonchev–Trinajstić information content (AvgIpc) is 2.62. The first-order valence-electron chi connectivity index (χ1n) is 5.67. The lowest BCUT2D eigenvalue weighted by Gasteiger charge is -2.06. The van der Waals surface area contributed by atoms with E-state index < -0.39 is 33.9 Å². The fourth-order valence-corrected chi connectivity index (χ4v) is 2.08. The monoisotopic (exact) mass is 297 g/mol. The van der Waals surface area contributed by atoms with Gasteiger partial charge >= 0.3 is 11.7 Å². The number of aryl methyl sites for hydroxylation is 1. The molecule has 0 aliphatic rings. The number of carboxylic acid groups (broad SMARTS) is 1. The van der Waals surface area contributed by atoms with E-state index in [1.807, 2.05) is 0 Å². The SMILES string of the molecule is Cc1nn(-c2cc(F)cc(F)c2[N+](=O)[O-])c(C)c1C(=O)O. The predicted molar refractivity (Wildman–Crippen MR) is 66.6 cm³/mol. The molecule has 0 saturated heterocycles. The molecule has 1 aromatic carbocycles. The zero-order valence-corrected chi connectivity index (χ0v) is 10.9. The maximum Gasteiger partial charge on any atom is 0.339 e. The largest absolute Gasteiger partial charge is 0.478 e. The highest BCUT2D eigenvalue weighted by atomic mass is 19.1. The van der Waals surface area contributed by atoms with E-state index in [1.54, 1.807) is 0 Å². The van der Waals surface area contributed by atoms with E-state index in [9.17, 15) is 23.7 Å². The molecule has 0 radical (unpaired) electrons. The average molecular weight is 297 g/mol. The third kappa shape index (κ3) is 2.33. The van der Waals surface area contributed by atoms with Gasteiger partial charge in [0.15, 0.2) is 0 Å². The maximum atomic E-state index is 13.6. The Labute approximate surface area is 116 Å². The van der Waals surface area contributed by atoms with E-state index in [0.717, 1.165) is 10.7 Å². The van der Waals surface area contributed by atoms with Gasteiger partial charge in [-0.25, -0.2) is 13.9 Å². The Morgan fingerprint density at radius 3 is 2.48 bits per heavy atom. The van der Waals surface area contributed by atoms with Crippen molar-refractivity contribution >= 4 is 11.7 Å². The Balaban J connectivity index is 2.82. The van der Waals surface area contributed by atoms with E-state index in [2.05, 4.69) is 5.10 Å². The Kier molecular flexibility index (Phi) is 3.42. The number of rotatable bonds is 3. The highest BCUT2D eigenvalue weighted by molar-refractivity contribution is 5.90. The molecule has 2 aromatic rings. The quantitative estimate of drug-likeness (QED) is 0.692. The summed E-state index contributed by atoms with van der Waals surface area (Å²) in [6.07, 6.45) is 0. The second-order valence-corrected chi connectivity index (χ2v) is 4.28. The van der Waals surface area contributed by atoms with Crippen LogP contribution in [0, 0.1) is 35.6 Å². The van der Waals surface area contributed by atoms with Crippen molar-refractivity contribution in [2.45, 2.75) is 13.8 Å². The number of nitrogens with zero attached hydrogens (tertiary/aromatic N) is 3. The molecular weight excluding hydrogens is 288 g/mol. The van der Waals surface area contributed by atoms with Gasteiger partial charge in [-0.05, 0) is 13.8 Å². The van der Waals surface area contributed by atoms with Crippen molar-refractivity contribution in [3.63, 3.8) is 0 Å². The van der Waals surface area contributed by atoms with Crippen molar-refractivity contribution in [1.29, 1.82) is 0 Å². The lowest BCUT2D eigenvalue weighted by atomic mass is 10.2. The molecule has 0 saturated carbocycles. The third-order valence-electron chi connectivity index (χ3n) is 2.92. The van der Waals surface area contributed by atoms with Crippen LogP contribution in [0.2, 0.25) is 0 Å². The highest BCUT2D eigenvalue weighted by Crippen LogP contribution is 2.29. The van der Waals surface area contributed by atoms with Crippen molar-refractivity contribution in [1.82, 2.24) is 9.78 Å². The standard InChI is InChI=1S/C12H9F2N3O4/c1-5-10(12(18)19)6(2)16(15-5)9-4-7(13)3-8(14)11(9)17(20)21/h3-4H,1-2H3,(H,18,19). The summed E-state index contributed by atoms with van der Waals surface area (Å²) in [7, 11) is 0. The molecule has 7 nitrogen and oxygen atoms in total. The van der Waals surface area contributed by atoms with Gasteiger partial charge in [0.2, 0.25) is 5.82 Å². The summed E-state index contributed by atoms with van der Waals surface area (Å²) in [6.45, 7) is 2.73. The Morgan fingerprint density at radius 1 is 1.38 bits per heavy atom. The number of hydrogen-bond donors (Lipinski definition) is 1. The lowest BCUT2D eigenvalue weighted by molar-refractivity contribution is -0.387. The summed E-state index contributed by atoms with van der Waals surface area (Å²) in [6, 6.07) is 1.11. The zero-order chi connectivity index (χ0) is 15.9. The number of aromatic carboxylic acids is 1. The molecule has 0 fully saturated rings. The van der Waals surface area contributed by atoms with E-state index in [4.69, 9.17) is 5.11 Å². The van der Waals surface area contributed by atoms with Crippen LogP contribution < -0.4 is 0 Å². The van der Waals surface area contributed by atoms with Crippen LogP contribution in [0.15, 0.2) is 12.1 Å². The van der Waals surface area contributed by atoms with E-state index in [1.165, 1.54) is 13.8 Å². The van der Waals surface area contributed by atoms with Crippen LogP contribution in [0.5, 0.6) is 0 Å². The van der Waals surface area contributed by atoms with Crippen LogP contribution in [-0.4, -0.2) is 25.8 Å². The van der Waals surface area contributed by atoms with Crippen LogP contribution in [-0.2, 0) is 0 Å². The summed E-state index contributed by atoms with van der Waals surface area (Å²) in [5.41, 5.74) is -1.49. The van der Waals surface area contributed by atoms with Crippen molar-refractivity contribution in [2.75, 3.05) is 0 Å². The molecular formula is C12H9F2N3O4. The van der Waals surface area contributed by atoms with Crippen LogP contribution in [0.25, 0.3) is 5.69 Å². The summed E-state index contributed by atoms with van der Waals surface area (Å²) in [5, 5.41) is 23.8. The molecule has 0 bridgehead atoms. The molecule has 0 spiro atoms. The molecule has 1 heterocycles. The molecule has 1 N–H and O–H groups in total. The molecule has 0 unspecified atom stereocenters. The van der Waals surface area contributed by atoms with Gasteiger partial charge in [-0.15, -0.1) is 0 Å². The molecule has 1 aromatic heterocycles. The van der Waals surface area contributed by atoms with Gasteiger partial charge in [0.1, 0.15) is 17.1 Å². The van der Waals surface area contributed by atoms with E-state index in [0.29, 0.717) is 6.07 Å². The Morgan fingerprint density at radius 2 is 2.00 bits per heavy atom. The molecule has 21 heavy (non-hydrogen) atoms. The first-order chi connectivity index (χ1) is 9.73. The smallest absolute Gasteiger partial charge is 0.339 e. The summed E-state index contributed by atoms with van der Waals surface area (Å²) in [5.74, 6) is -3.67. The Hall–Kier alpha value is -2.84.